The molecule has 0 spiro atoms. The van der Waals surface area contributed by atoms with Crippen molar-refractivity contribution in [3.63, 3.8) is 0 Å². The molecule has 0 amide bonds. The van der Waals surface area contributed by atoms with E-state index in [-0.39, 0.29) is 0 Å². The van der Waals surface area contributed by atoms with Crippen molar-refractivity contribution < 1.29 is 0 Å². The van der Waals surface area contributed by atoms with Crippen molar-refractivity contribution in [3.8, 4) is 0 Å². The minimum Gasteiger partial charge on any atom is -0.308 e. The number of hydrogen-bond donors (Lipinski definition) is 1. The lowest BCUT2D eigenvalue weighted by Gasteiger charge is -2.13. The van der Waals surface area contributed by atoms with Gasteiger partial charge in [0.15, 0.2) is 0 Å². The molecule has 18 heavy (non-hydrogen) atoms. The van der Waals surface area contributed by atoms with Gasteiger partial charge in [0, 0.05) is 37.6 Å². The Balaban J connectivity index is 1.50. The van der Waals surface area contributed by atoms with Crippen LogP contribution in [0.2, 0.25) is 0 Å². The predicted octanol–water partition coefficient (Wildman–Crippen LogP) is 2.48. The maximum absolute atomic E-state index is 4.74. The Morgan fingerprint density at radius 2 is 2.06 bits per heavy atom. The zero-order valence-corrected chi connectivity index (χ0v) is 12.2. The van der Waals surface area contributed by atoms with Crippen LogP contribution in [-0.2, 0) is 13.1 Å². The monoisotopic (exact) mass is 265 g/mol. The Bertz CT molecular complexity index is 389. The molecule has 0 bridgehead atoms. The highest BCUT2D eigenvalue weighted by molar-refractivity contribution is 7.09. The van der Waals surface area contributed by atoms with Gasteiger partial charge in [-0.25, -0.2) is 4.98 Å². The molecule has 1 aliphatic heterocycles. The number of thiazole rings is 1. The van der Waals surface area contributed by atoms with E-state index in [2.05, 4.69) is 29.4 Å². The van der Waals surface area contributed by atoms with Crippen LogP contribution in [0.15, 0.2) is 5.38 Å². The summed E-state index contributed by atoms with van der Waals surface area (Å²) in [5.74, 6) is 1.67. The van der Waals surface area contributed by atoms with Gasteiger partial charge in [-0.2, -0.15) is 0 Å². The largest absolute Gasteiger partial charge is 0.308 e. The molecule has 3 nitrogen and oxygen atoms in total. The second-order valence-electron chi connectivity index (χ2n) is 6.04. The third-order valence-electron chi connectivity index (χ3n) is 4.17. The first-order valence-corrected chi connectivity index (χ1v) is 7.97. The van der Waals surface area contributed by atoms with Crippen LogP contribution < -0.4 is 5.32 Å². The van der Waals surface area contributed by atoms with E-state index in [0.29, 0.717) is 0 Å². The van der Waals surface area contributed by atoms with Crippen LogP contribution in [0.5, 0.6) is 0 Å². The maximum atomic E-state index is 4.74. The summed E-state index contributed by atoms with van der Waals surface area (Å²) in [6, 6.07) is 0.776. The van der Waals surface area contributed by atoms with E-state index in [1.54, 1.807) is 11.3 Å². The molecule has 2 aliphatic rings. The molecule has 1 aromatic heterocycles. The van der Waals surface area contributed by atoms with Crippen molar-refractivity contribution in [2.45, 2.75) is 45.8 Å². The smallest absolute Gasteiger partial charge is 0.107 e. The van der Waals surface area contributed by atoms with Crippen LogP contribution in [-0.4, -0.2) is 29.0 Å². The molecule has 2 fully saturated rings. The molecule has 2 atom stereocenters. The van der Waals surface area contributed by atoms with E-state index in [1.807, 2.05) is 0 Å². The topological polar surface area (TPSA) is 28.2 Å². The maximum Gasteiger partial charge on any atom is 0.107 e. The van der Waals surface area contributed by atoms with Crippen molar-refractivity contribution in [2.75, 3.05) is 13.1 Å². The number of hydrogen-bond acceptors (Lipinski definition) is 4. The Hall–Kier alpha value is -0.450. The van der Waals surface area contributed by atoms with Gasteiger partial charge in [0.05, 0.1) is 5.69 Å². The third-order valence-corrected chi connectivity index (χ3v) is 5.07. The molecule has 1 N–H and O–H groups in total. The van der Waals surface area contributed by atoms with E-state index in [4.69, 9.17) is 4.98 Å². The van der Waals surface area contributed by atoms with E-state index < -0.39 is 0 Å². The summed E-state index contributed by atoms with van der Waals surface area (Å²) in [6.07, 6.45) is 2.70. The molecule has 3 rings (SSSR count). The average Bonchev–Trinajstić information content (AvgIpc) is 2.98. The number of nitrogens with one attached hydrogen (secondary N) is 1. The second kappa shape index (κ2) is 5.27. The summed E-state index contributed by atoms with van der Waals surface area (Å²) in [5.41, 5.74) is 1.26. The van der Waals surface area contributed by atoms with Crippen molar-refractivity contribution >= 4 is 11.3 Å². The number of nitrogens with zero attached hydrogens (tertiary/aromatic N) is 2. The number of likely N-dealkylation sites (tertiary alicyclic amines) is 1. The molecule has 1 saturated heterocycles. The van der Waals surface area contributed by atoms with Gasteiger partial charge in [0.2, 0.25) is 0 Å². The third kappa shape index (κ3) is 3.11. The van der Waals surface area contributed by atoms with Gasteiger partial charge < -0.3 is 5.32 Å². The zero-order chi connectivity index (χ0) is 12.5. The van der Waals surface area contributed by atoms with E-state index in [1.165, 1.54) is 36.6 Å². The zero-order valence-electron chi connectivity index (χ0n) is 11.4. The molecule has 1 aromatic rings. The van der Waals surface area contributed by atoms with Gasteiger partial charge >= 0.3 is 0 Å². The predicted molar refractivity (Wildman–Crippen MR) is 75.6 cm³/mol. The summed E-state index contributed by atoms with van der Waals surface area (Å²) >= 11 is 1.80. The quantitative estimate of drug-likeness (QED) is 0.886. The van der Waals surface area contributed by atoms with Crippen LogP contribution in [0.3, 0.4) is 0 Å². The molecule has 0 aromatic carbocycles. The van der Waals surface area contributed by atoms with Gasteiger partial charge in [0.1, 0.15) is 5.01 Å². The normalized spacial score (nSPS) is 29.0. The van der Waals surface area contributed by atoms with Gasteiger partial charge in [-0.15, -0.1) is 11.3 Å². The van der Waals surface area contributed by atoms with Crippen molar-refractivity contribution in [2.24, 2.45) is 11.8 Å². The minimum absolute atomic E-state index is 0.776. The molecule has 1 saturated carbocycles. The second-order valence-corrected chi connectivity index (χ2v) is 6.98. The lowest BCUT2D eigenvalue weighted by atomic mass is 10.0. The van der Waals surface area contributed by atoms with E-state index in [9.17, 15) is 0 Å². The number of rotatable bonds is 5. The summed E-state index contributed by atoms with van der Waals surface area (Å²) < 4.78 is 0. The van der Waals surface area contributed by atoms with Gasteiger partial charge in [-0.1, -0.05) is 13.8 Å². The molecule has 2 heterocycles. The van der Waals surface area contributed by atoms with E-state index >= 15 is 0 Å². The Labute approximate surface area is 114 Å². The lowest BCUT2D eigenvalue weighted by Crippen LogP contribution is -2.20. The SMILES string of the molecule is CC1CN(Cc2csc(CNC3CC3)n2)CC1C. The molecule has 2 unspecified atom stereocenters. The fourth-order valence-corrected chi connectivity index (χ4v) is 3.36. The Morgan fingerprint density at radius 1 is 1.33 bits per heavy atom. The van der Waals surface area contributed by atoms with Gasteiger partial charge in [-0.05, 0) is 24.7 Å². The number of aromatic nitrogens is 1. The molecule has 1 aliphatic carbocycles. The molecular formula is C14H23N3S. The summed E-state index contributed by atoms with van der Waals surface area (Å²) in [7, 11) is 0. The Kier molecular flexibility index (Phi) is 3.68. The van der Waals surface area contributed by atoms with Crippen LogP contribution in [0.1, 0.15) is 37.4 Å². The Morgan fingerprint density at radius 3 is 2.72 bits per heavy atom. The van der Waals surface area contributed by atoms with Crippen molar-refractivity contribution in [1.29, 1.82) is 0 Å². The standard InChI is InChI=1S/C14H23N3S/c1-10-6-17(7-11(10)2)8-13-9-18-14(16-13)5-15-12-3-4-12/h9-12,15H,3-8H2,1-2H3. The molecule has 100 valence electrons. The highest BCUT2D eigenvalue weighted by atomic mass is 32.1. The van der Waals surface area contributed by atoms with Crippen molar-refractivity contribution in [3.05, 3.63) is 16.1 Å². The van der Waals surface area contributed by atoms with Crippen LogP contribution in [0.4, 0.5) is 0 Å². The van der Waals surface area contributed by atoms with Gasteiger partial charge in [-0.3, -0.25) is 4.90 Å². The lowest BCUT2D eigenvalue weighted by molar-refractivity contribution is 0.312. The highest BCUT2D eigenvalue weighted by Gasteiger charge is 2.26. The highest BCUT2D eigenvalue weighted by Crippen LogP contribution is 2.24. The van der Waals surface area contributed by atoms with Crippen LogP contribution in [0.25, 0.3) is 0 Å². The first kappa shape index (κ1) is 12.6. The molecular weight excluding hydrogens is 242 g/mol. The van der Waals surface area contributed by atoms with Gasteiger partial charge in [0.25, 0.3) is 0 Å². The fourth-order valence-electron chi connectivity index (χ4n) is 2.63. The molecule has 4 heteroatoms. The first-order chi connectivity index (χ1) is 8.70. The average molecular weight is 265 g/mol. The summed E-state index contributed by atoms with van der Waals surface area (Å²) in [4.78, 5) is 7.28. The first-order valence-electron chi connectivity index (χ1n) is 7.09. The van der Waals surface area contributed by atoms with Crippen LogP contribution >= 0.6 is 11.3 Å². The summed E-state index contributed by atoms with van der Waals surface area (Å²) in [5, 5.41) is 7.01. The summed E-state index contributed by atoms with van der Waals surface area (Å²) in [6.45, 7) is 9.17. The minimum atomic E-state index is 0.776. The van der Waals surface area contributed by atoms with Crippen molar-refractivity contribution in [1.82, 2.24) is 15.2 Å². The van der Waals surface area contributed by atoms with Crippen LogP contribution in [0, 0.1) is 11.8 Å². The van der Waals surface area contributed by atoms with E-state index in [0.717, 1.165) is 31.0 Å². The molecule has 0 radical (unpaired) electrons. The fraction of sp³-hybridized carbons (Fsp3) is 0.786.